The Morgan fingerprint density at radius 1 is 1.33 bits per heavy atom. The molecular formula is C17H27NO3. The SMILES string of the molecule is CC(C)Oc1ccc(CN2CCC[C@H]2CCO)cc1CO. The van der Waals surface area contributed by atoms with Gasteiger partial charge in [-0.15, -0.1) is 0 Å². The molecule has 1 atom stereocenters. The van der Waals surface area contributed by atoms with Crippen molar-refractivity contribution in [1.82, 2.24) is 4.90 Å². The first-order valence-corrected chi connectivity index (χ1v) is 7.88. The lowest BCUT2D eigenvalue weighted by Gasteiger charge is -2.24. The molecule has 118 valence electrons. The molecule has 1 heterocycles. The van der Waals surface area contributed by atoms with Gasteiger partial charge in [0.2, 0.25) is 0 Å². The highest BCUT2D eigenvalue weighted by Gasteiger charge is 2.24. The van der Waals surface area contributed by atoms with E-state index in [9.17, 15) is 5.11 Å². The quantitative estimate of drug-likeness (QED) is 0.810. The maximum Gasteiger partial charge on any atom is 0.125 e. The predicted molar refractivity (Wildman–Crippen MR) is 83.3 cm³/mol. The van der Waals surface area contributed by atoms with E-state index in [4.69, 9.17) is 9.84 Å². The molecule has 21 heavy (non-hydrogen) atoms. The molecule has 1 aliphatic heterocycles. The summed E-state index contributed by atoms with van der Waals surface area (Å²) in [4.78, 5) is 2.43. The Balaban J connectivity index is 2.06. The second-order valence-corrected chi connectivity index (χ2v) is 6.05. The minimum absolute atomic E-state index is 0.00401. The molecular weight excluding hydrogens is 266 g/mol. The second-order valence-electron chi connectivity index (χ2n) is 6.05. The summed E-state index contributed by atoms with van der Waals surface area (Å²) in [6.45, 7) is 6.18. The molecule has 4 heteroatoms. The van der Waals surface area contributed by atoms with Gasteiger partial charge in [-0.1, -0.05) is 6.07 Å². The van der Waals surface area contributed by atoms with Gasteiger partial charge in [0, 0.05) is 24.8 Å². The summed E-state index contributed by atoms with van der Waals surface area (Å²) in [7, 11) is 0. The monoisotopic (exact) mass is 293 g/mol. The van der Waals surface area contributed by atoms with Crippen LogP contribution in [0.1, 0.15) is 44.2 Å². The number of rotatable bonds is 7. The lowest BCUT2D eigenvalue weighted by Crippen LogP contribution is -2.29. The van der Waals surface area contributed by atoms with Gasteiger partial charge >= 0.3 is 0 Å². The topological polar surface area (TPSA) is 52.9 Å². The van der Waals surface area contributed by atoms with Crippen LogP contribution in [-0.2, 0) is 13.2 Å². The van der Waals surface area contributed by atoms with Crippen molar-refractivity contribution in [2.45, 2.75) is 58.4 Å². The molecule has 1 aromatic carbocycles. The van der Waals surface area contributed by atoms with Crippen molar-refractivity contribution >= 4 is 0 Å². The summed E-state index contributed by atoms with van der Waals surface area (Å²) in [6, 6.07) is 6.55. The maximum atomic E-state index is 9.53. The number of hydrogen-bond acceptors (Lipinski definition) is 4. The smallest absolute Gasteiger partial charge is 0.125 e. The number of nitrogens with zero attached hydrogens (tertiary/aromatic N) is 1. The van der Waals surface area contributed by atoms with E-state index in [0.29, 0.717) is 6.04 Å². The Labute approximate surface area is 127 Å². The van der Waals surface area contributed by atoms with Gasteiger partial charge < -0.3 is 14.9 Å². The van der Waals surface area contributed by atoms with Gasteiger partial charge in [-0.3, -0.25) is 4.90 Å². The Morgan fingerprint density at radius 2 is 2.14 bits per heavy atom. The number of hydrogen-bond donors (Lipinski definition) is 2. The molecule has 1 fully saturated rings. The largest absolute Gasteiger partial charge is 0.491 e. The van der Waals surface area contributed by atoms with E-state index in [1.54, 1.807) is 0 Å². The molecule has 0 radical (unpaired) electrons. The van der Waals surface area contributed by atoms with E-state index in [1.807, 2.05) is 26.0 Å². The van der Waals surface area contributed by atoms with Gasteiger partial charge in [-0.05, 0) is 57.4 Å². The Bertz CT molecular complexity index is 448. The van der Waals surface area contributed by atoms with Gasteiger partial charge in [0.25, 0.3) is 0 Å². The van der Waals surface area contributed by atoms with Crippen LogP contribution in [0.25, 0.3) is 0 Å². The van der Waals surface area contributed by atoms with Crippen LogP contribution in [0.15, 0.2) is 18.2 Å². The van der Waals surface area contributed by atoms with Gasteiger partial charge in [-0.25, -0.2) is 0 Å². The first-order chi connectivity index (χ1) is 10.1. The zero-order chi connectivity index (χ0) is 15.2. The number of aliphatic hydroxyl groups excluding tert-OH is 2. The summed E-state index contributed by atoms with van der Waals surface area (Å²) in [5.74, 6) is 0.768. The molecule has 0 bridgehead atoms. The fraction of sp³-hybridized carbons (Fsp3) is 0.647. The first-order valence-electron chi connectivity index (χ1n) is 7.88. The minimum atomic E-state index is -0.00401. The van der Waals surface area contributed by atoms with Crippen molar-refractivity contribution < 1.29 is 14.9 Å². The molecule has 0 unspecified atom stereocenters. The maximum absolute atomic E-state index is 9.53. The lowest BCUT2D eigenvalue weighted by atomic mass is 10.1. The zero-order valence-corrected chi connectivity index (χ0v) is 13.1. The fourth-order valence-corrected chi connectivity index (χ4v) is 3.04. The number of benzene rings is 1. The first kappa shape index (κ1) is 16.3. The molecule has 0 aliphatic carbocycles. The highest BCUT2D eigenvalue weighted by Crippen LogP contribution is 2.26. The van der Waals surface area contributed by atoms with Crippen LogP contribution in [0.4, 0.5) is 0 Å². The van der Waals surface area contributed by atoms with Crippen molar-refractivity contribution in [2.75, 3.05) is 13.2 Å². The van der Waals surface area contributed by atoms with Crippen LogP contribution in [-0.4, -0.2) is 40.4 Å². The average molecular weight is 293 g/mol. The standard InChI is InChI=1S/C17H27NO3/c1-13(2)21-17-6-5-14(10-15(17)12-20)11-18-8-3-4-16(18)7-9-19/h5-6,10,13,16,19-20H,3-4,7-9,11-12H2,1-2H3/t16-/m0/s1. The van der Waals surface area contributed by atoms with Gasteiger partial charge in [0.05, 0.1) is 12.7 Å². The third-order valence-electron chi connectivity index (χ3n) is 4.00. The average Bonchev–Trinajstić information content (AvgIpc) is 2.87. The van der Waals surface area contributed by atoms with E-state index < -0.39 is 0 Å². The molecule has 0 spiro atoms. The normalized spacial score (nSPS) is 19.4. The van der Waals surface area contributed by atoms with Crippen LogP contribution < -0.4 is 4.74 Å². The van der Waals surface area contributed by atoms with Crippen molar-refractivity contribution in [3.8, 4) is 5.75 Å². The summed E-state index contributed by atoms with van der Waals surface area (Å²) in [6.07, 6.45) is 3.32. The summed E-state index contributed by atoms with van der Waals surface area (Å²) < 4.78 is 5.71. The van der Waals surface area contributed by atoms with Crippen molar-refractivity contribution in [2.24, 2.45) is 0 Å². The van der Waals surface area contributed by atoms with E-state index in [1.165, 1.54) is 18.4 Å². The third-order valence-corrected chi connectivity index (χ3v) is 4.00. The minimum Gasteiger partial charge on any atom is -0.491 e. The van der Waals surface area contributed by atoms with Crippen molar-refractivity contribution in [3.05, 3.63) is 29.3 Å². The van der Waals surface area contributed by atoms with Crippen LogP contribution in [0.5, 0.6) is 5.75 Å². The van der Waals surface area contributed by atoms with Gasteiger partial charge in [0.1, 0.15) is 5.75 Å². The molecule has 0 saturated carbocycles. The van der Waals surface area contributed by atoms with E-state index in [2.05, 4.69) is 11.0 Å². The van der Waals surface area contributed by atoms with Crippen LogP contribution in [0.2, 0.25) is 0 Å². The number of aliphatic hydroxyl groups is 2. The lowest BCUT2D eigenvalue weighted by molar-refractivity contribution is 0.189. The van der Waals surface area contributed by atoms with Gasteiger partial charge in [-0.2, -0.15) is 0 Å². The predicted octanol–water partition coefficient (Wildman–Crippen LogP) is 2.31. The van der Waals surface area contributed by atoms with E-state index in [0.717, 1.165) is 30.8 Å². The summed E-state index contributed by atoms with van der Waals surface area (Å²) >= 11 is 0. The van der Waals surface area contributed by atoms with E-state index >= 15 is 0 Å². The van der Waals surface area contributed by atoms with Crippen LogP contribution >= 0.6 is 0 Å². The fourth-order valence-electron chi connectivity index (χ4n) is 3.04. The van der Waals surface area contributed by atoms with Crippen LogP contribution in [0, 0.1) is 0 Å². The molecule has 4 nitrogen and oxygen atoms in total. The summed E-state index contributed by atoms with van der Waals surface area (Å²) in [5.41, 5.74) is 2.04. The molecule has 0 aromatic heterocycles. The van der Waals surface area contributed by atoms with E-state index in [-0.39, 0.29) is 19.3 Å². The zero-order valence-electron chi connectivity index (χ0n) is 13.1. The molecule has 2 rings (SSSR count). The highest BCUT2D eigenvalue weighted by atomic mass is 16.5. The van der Waals surface area contributed by atoms with Crippen molar-refractivity contribution in [1.29, 1.82) is 0 Å². The Morgan fingerprint density at radius 3 is 2.81 bits per heavy atom. The molecule has 1 aliphatic rings. The molecule has 0 amide bonds. The second kappa shape index (κ2) is 7.78. The van der Waals surface area contributed by atoms with Crippen LogP contribution in [0.3, 0.4) is 0 Å². The Kier molecular flexibility index (Phi) is 6.03. The number of likely N-dealkylation sites (tertiary alicyclic amines) is 1. The highest BCUT2D eigenvalue weighted by molar-refractivity contribution is 5.37. The van der Waals surface area contributed by atoms with Gasteiger partial charge in [0.15, 0.2) is 0 Å². The Hall–Kier alpha value is -1.10. The molecule has 2 N–H and O–H groups in total. The summed E-state index contributed by atoms with van der Waals surface area (Å²) in [5, 5.41) is 18.7. The third kappa shape index (κ3) is 4.43. The number of ether oxygens (including phenoxy) is 1. The molecule has 1 aromatic rings. The van der Waals surface area contributed by atoms with Crippen molar-refractivity contribution in [3.63, 3.8) is 0 Å². The molecule has 1 saturated heterocycles.